The van der Waals surface area contributed by atoms with Gasteiger partial charge in [-0.05, 0) is 31.4 Å². The maximum Gasteiger partial charge on any atom is 0.251 e. The number of ether oxygens (including phenoxy) is 2. The van der Waals surface area contributed by atoms with E-state index in [4.69, 9.17) is 9.47 Å². The maximum atomic E-state index is 12.2. The van der Waals surface area contributed by atoms with Gasteiger partial charge in [-0.1, -0.05) is 21.3 Å². The van der Waals surface area contributed by atoms with Crippen LogP contribution in [0.15, 0.2) is 18.2 Å². The number of carbonyl (C=O) groups is 1. The van der Waals surface area contributed by atoms with E-state index in [-0.39, 0.29) is 19.4 Å². The summed E-state index contributed by atoms with van der Waals surface area (Å²) in [4.78, 5) is 12.2. The van der Waals surface area contributed by atoms with Crippen LogP contribution in [0.25, 0.3) is 0 Å². The molecule has 0 aromatic heterocycles. The molecule has 4 heteroatoms. The molecular formula is C16H27NO3. The van der Waals surface area contributed by atoms with Crippen LogP contribution in [-0.4, -0.2) is 26.2 Å². The fraction of sp³-hybridized carbons (Fsp3) is 0.562. The molecular weight excluding hydrogens is 254 g/mol. The summed E-state index contributed by atoms with van der Waals surface area (Å²) < 4.78 is 10.3. The molecule has 1 N–H and O–H groups in total. The topological polar surface area (TPSA) is 47.6 Å². The molecule has 1 amide bonds. The van der Waals surface area contributed by atoms with Gasteiger partial charge >= 0.3 is 0 Å². The van der Waals surface area contributed by atoms with E-state index >= 15 is 0 Å². The van der Waals surface area contributed by atoms with Crippen molar-refractivity contribution < 1.29 is 14.3 Å². The fourth-order valence-electron chi connectivity index (χ4n) is 2.01. The Morgan fingerprint density at radius 3 is 2.00 bits per heavy atom. The largest absolute Gasteiger partial charge is 0.497 e. The number of methoxy groups -OCH3 is 2. The van der Waals surface area contributed by atoms with Gasteiger partial charge in [-0.25, -0.2) is 0 Å². The van der Waals surface area contributed by atoms with Crippen LogP contribution in [0.3, 0.4) is 0 Å². The molecule has 1 aromatic rings. The summed E-state index contributed by atoms with van der Waals surface area (Å²) in [5.74, 6) is 1.67. The number of nitrogens with one attached hydrogen (secondary N) is 1. The molecule has 4 nitrogen and oxygen atoms in total. The van der Waals surface area contributed by atoms with Crippen molar-refractivity contribution in [2.75, 3.05) is 14.2 Å². The first-order valence-corrected chi connectivity index (χ1v) is 6.50. The van der Waals surface area contributed by atoms with Gasteiger partial charge in [0.05, 0.1) is 14.2 Å². The second-order valence-corrected chi connectivity index (χ2v) is 5.11. The highest BCUT2D eigenvalue weighted by molar-refractivity contribution is 5.95. The Morgan fingerprint density at radius 1 is 1.10 bits per heavy atom. The summed E-state index contributed by atoms with van der Waals surface area (Å²) in [6.45, 7) is 6.28. The van der Waals surface area contributed by atoms with E-state index < -0.39 is 0 Å². The van der Waals surface area contributed by atoms with Gasteiger partial charge in [0.15, 0.2) is 0 Å². The average molecular weight is 281 g/mol. The zero-order valence-electron chi connectivity index (χ0n) is 12.3. The molecule has 114 valence electrons. The molecule has 1 rings (SSSR count). The van der Waals surface area contributed by atoms with Crippen LogP contribution < -0.4 is 14.8 Å². The molecule has 0 aliphatic carbocycles. The second kappa shape index (κ2) is 8.46. The fourth-order valence-corrected chi connectivity index (χ4v) is 2.01. The summed E-state index contributed by atoms with van der Waals surface area (Å²) in [5, 5.41) is 2.98. The molecule has 1 aromatic carbocycles. The number of hydrogen-bond donors (Lipinski definition) is 1. The molecule has 0 spiro atoms. The van der Waals surface area contributed by atoms with E-state index in [9.17, 15) is 4.79 Å². The van der Waals surface area contributed by atoms with Crippen LogP contribution in [0, 0.1) is 5.92 Å². The average Bonchev–Trinajstić information content (AvgIpc) is 2.36. The quantitative estimate of drug-likeness (QED) is 0.868. The predicted octanol–water partition coefficient (Wildman–Crippen LogP) is 3.50. The van der Waals surface area contributed by atoms with Crippen LogP contribution in [0.5, 0.6) is 11.5 Å². The lowest BCUT2D eigenvalue weighted by molar-refractivity contribution is 0.0935. The van der Waals surface area contributed by atoms with Crippen LogP contribution in [0.1, 0.15) is 45.0 Å². The van der Waals surface area contributed by atoms with Crippen molar-refractivity contribution in [1.29, 1.82) is 0 Å². The highest BCUT2D eigenvalue weighted by Crippen LogP contribution is 2.22. The lowest BCUT2D eigenvalue weighted by Gasteiger charge is -2.16. The van der Waals surface area contributed by atoms with E-state index in [1.54, 1.807) is 32.4 Å². The van der Waals surface area contributed by atoms with E-state index in [0.717, 1.165) is 6.42 Å². The molecule has 0 radical (unpaired) electrons. The molecule has 0 saturated heterocycles. The standard InChI is InChI=1S/C15H23NO3.CH4/c1-10(2)6-11(3)16-15(17)12-7-13(18-4)9-14(8-12)19-5;/h7-11H,6H2,1-5H3,(H,16,17);1H4/t11-;/m1./s1. The van der Waals surface area contributed by atoms with Gasteiger partial charge in [-0.2, -0.15) is 0 Å². The van der Waals surface area contributed by atoms with Crippen LogP contribution >= 0.6 is 0 Å². The first-order valence-electron chi connectivity index (χ1n) is 6.50. The molecule has 0 saturated carbocycles. The van der Waals surface area contributed by atoms with Gasteiger partial charge in [0.1, 0.15) is 11.5 Å². The van der Waals surface area contributed by atoms with Crippen molar-refractivity contribution >= 4 is 5.91 Å². The van der Waals surface area contributed by atoms with Crippen molar-refractivity contribution in [2.24, 2.45) is 5.92 Å². The van der Waals surface area contributed by atoms with Crippen LogP contribution in [-0.2, 0) is 0 Å². The number of carbonyl (C=O) groups excluding carboxylic acids is 1. The zero-order valence-corrected chi connectivity index (χ0v) is 12.3. The summed E-state index contributed by atoms with van der Waals surface area (Å²) in [5.41, 5.74) is 0.548. The number of benzene rings is 1. The minimum absolute atomic E-state index is 0. The Kier molecular flexibility index (Phi) is 7.74. The number of rotatable bonds is 6. The molecule has 0 fully saturated rings. The zero-order chi connectivity index (χ0) is 14.4. The van der Waals surface area contributed by atoms with Gasteiger partial charge in [0.25, 0.3) is 5.91 Å². The first-order chi connectivity index (χ1) is 8.96. The Morgan fingerprint density at radius 2 is 1.60 bits per heavy atom. The normalized spacial score (nSPS) is 11.5. The van der Waals surface area contributed by atoms with Gasteiger partial charge in [-0.15, -0.1) is 0 Å². The smallest absolute Gasteiger partial charge is 0.251 e. The van der Waals surface area contributed by atoms with E-state index in [1.807, 2.05) is 6.92 Å². The summed E-state index contributed by atoms with van der Waals surface area (Å²) in [7, 11) is 3.13. The van der Waals surface area contributed by atoms with Crippen molar-refractivity contribution in [1.82, 2.24) is 5.32 Å². The second-order valence-electron chi connectivity index (χ2n) is 5.11. The summed E-state index contributed by atoms with van der Waals surface area (Å²) in [6.07, 6.45) is 0.951. The van der Waals surface area contributed by atoms with Crippen molar-refractivity contribution in [3.8, 4) is 11.5 Å². The third kappa shape index (κ3) is 5.51. The molecule has 0 aliphatic heterocycles. The van der Waals surface area contributed by atoms with Gasteiger partial charge in [0.2, 0.25) is 0 Å². The van der Waals surface area contributed by atoms with Crippen molar-refractivity contribution in [2.45, 2.75) is 40.7 Å². The van der Waals surface area contributed by atoms with Gasteiger partial charge in [-0.3, -0.25) is 4.79 Å². The predicted molar refractivity (Wildman–Crippen MR) is 82.7 cm³/mol. The number of hydrogen-bond acceptors (Lipinski definition) is 3. The highest BCUT2D eigenvalue weighted by atomic mass is 16.5. The summed E-state index contributed by atoms with van der Waals surface area (Å²) >= 11 is 0. The Labute approximate surface area is 122 Å². The van der Waals surface area contributed by atoms with Crippen molar-refractivity contribution in [3.05, 3.63) is 23.8 Å². The molecule has 0 unspecified atom stereocenters. The van der Waals surface area contributed by atoms with E-state index in [0.29, 0.717) is 23.0 Å². The van der Waals surface area contributed by atoms with E-state index in [1.165, 1.54) is 0 Å². The highest BCUT2D eigenvalue weighted by Gasteiger charge is 2.13. The van der Waals surface area contributed by atoms with Gasteiger partial charge in [0, 0.05) is 17.7 Å². The Balaban J connectivity index is 0.00000361. The monoisotopic (exact) mass is 281 g/mol. The lowest BCUT2D eigenvalue weighted by atomic mass is 10.0. The minimum atomic E-state index is -0.106. The van der Waals surface area contributed by atoms with Crippen LogP contribution in [0.4, 0.5) is 0 Å². The lowest BCUT2D eigenvalue weighted by Crippen LogP contribution is -2.33. The molecule has 0 heterocycles. The van der Waals surface area contributed by atoms with Crippen LogP contribution in [0.2, 0.25) is 0 Å². The Hall–Kier alpha value is -1.71. The van der Waals surface area contributed by atoms with Gasteiger partial charge < -0.3 is 14.8 Å². The first kappa shape index (κ1) is 18.3. The SMILES string of the molecule is C.COc1cc(OC)cc(C(=O)N[C@H](C)CC(C)C)c1. The molecule has 20 heavy (non-hydrogen) atoms. The maximum absolute atomic E-state index is 12.2. The molecule has 0 bridgehead atoms. The van der Waals surface area contributed by atoms with Crippen molar-refractivity contribution in [3.63, 3.8) is 0 Å². The summed E-state index contributed by atoms with van der Waals surface area (Å²) in [6, 6.07) is 5.30. The number of amides is 1. The van der Waals surface area contributed by atoms with E-state index in [2.05, 4.69) is 19.2 Å². The minimum Gasteiger partial charge on any atom is -0.497 e. The third-order valence-corrected chi connectivity index (χ3v) is 2.82. The third-order valence-electron chi connectivity index (χ3n) is 2.82. The molecule has 0 aliphatic rings. The molecule has 1 atom stereocenters. The Bertz CT molecular complexity index is 407.